The topological polar surface area (TPSA) is 216 Å². The van der Waals surface area contributed by atoms with E-state index >= 15 is 0 Å². The molecule has 3 aromatic carbocycles. The van der Waals surface area contributed by atoms with E-state index in [9.17, 15) is 17.8 Å². The van der Waals surface area contributed by atoms with Crippen molar-refractivity contribution in [2.75, 3.05) is 31.8 Å². The number of nitrogens with zero attached hydrogens (tertiary/aromatic N) is 1. The first-order chi connectivity index (χ1) is 20.6. The number of hydrogen-bond acceptors (Lipinski definition) is 10. The van der Waals surface area contributed by atoms with Crippen LogP contribution in [0, 0.1) is 0 Å². The van der Waals surface area contributed by atoms with Gasteiger partial charge in [-0.3, -0.25) is 10.1 Å². The van der Waals surface area contributed by atoms with E-state index in [4.69, 9.17) is 26.3 Å². The normalized spacial score (nSPS) is 10.5. The summed E-state index contributed by atoms with van der Waals surface area (Å²) in [7, 11) is -5.82. The number of carboxylic acid groups (broad SMARTS) is 1. The predicted molar refractivity (Wildman–Crippen MR) is 166 cm³/mol. The number of aromatic nitrogens is 1. The van der Waals surface area contributed by atoms with Gasteiger partial charge in [0.15, 0.2) is 0 Å². The molecule has 0 saturated heterocycles. The van der Waals surface area contributed by atoms with E-state index in [1.807, 2.05) is 72.8 Å². The van der Waals surface area contributed by atoms with Crippen molar-refractivity contribution in [3.05, 3.63) is 115 Å². The van der Waals surface area contributed by atoms with Crippen LogP contribution in [0.4, 0.5) is 5.82 Å². The van der Waals surface area contributed by atoms with E-state index in [-0.39, 0.29) is 54.6 Å². The van der Waals surface area contributed by atoms with Crippen LogP contribution in [0.15, 0.2) is 114 Å². The largest absolute Gasteiger partial charge is 1.00 e. The van der Waals surface area contributed by atoms with Crippen LogP contribution in [0.3, 0.4) is 0 Å². The van der Waals surface area contributed by atoms with E-state index in [1.165, 1.54) is 12.1 Å². The zero-order valence-corrected chi connectivity index (χ0v) is 30.1. The van der Waals surface area contributed by atoms with Gasteiger partial charge in [0.2, 0.25) is 0 Å². The Bertz CT molecular complexity index is 1450. The molecule has 1 aromatic heterocycles. The molecule has 0 aliphatic rings. The number of aliphatic hydroxyl groups excluding tert-OH is 3. The van der Waals surface area contributed by atoms with Crippen molar-refractivity contribution in [3.8, 4) is 0 Å². The van der Waals surface area contributed by atoms with E-state index in [0.29, 0.717) is 5.82 Å². The third kappa shape index (κ3) is 14.9. The van der Waals surface area contributed by atoms with Crippen molar-refractivity contribution in [3.63, 3.8) is 0 Å². The molecule has 0 aliphatic heterocycles. The summed E-state index contributed by atoms with van der Waals surface area (Å²) in [6.45, 7) is -1.98. The van der Waals surface area contributed by atoms with Crippen LogP contribution in [-0.4, -0.2) is 76.3 Å². The first-order valence-corrected chi connectivity index (χ1v) is 15.7. The molecule has 4 aromatic rings. The molecule has 0 fully saturated rings. The summed E-state index contributed by atoms with van der Waals surface area (Å²) in [6, 6.07) is 31.7. The number of rotatable bonds is 11. The van der Waals surface area contributed by atoms with Crippen LogP contribution in [0.25, 0.3) is 5.84 Å². The van der Waals surface area contributed by atoms with Crippen molar-refractivity contribution in [1.29, 1.82) is 0 Å². The Kier molecular flexibility index (Phi) is 21.3. The quantitative estimate of drug-likeness (QED) is 0.0424. The number of aliphatic carboxylic acids is 1. The van der Waals surface area contributed by atoms with Crippen molar-refractivity contribution in [2.45, 2.75) is 10.4 Å². The zero-order valence-electron chi connectivity index (χ0n) is 24.4. The molecule has 237 valence electrons. The van der Waals surface area contributed by atoms with E-state index in [0.717, 1.165) is 15.9 Å². The van der Waals surface area contributed by atoms with E-state index in [2.05, 4.69) is 15.7 Å². The van der Waals surface area contributed by atoms with Crippen molar-refractivity contribution in [1.82, 2.24) is 10.3 Å². The van der Waals surface area contributed by atoms with Crippen molar-refractivity contribution < 1.29 is 87.9 Å². The summed E-state index contributed by atoms with van der Waals surface area (Å²) in [5.41, 5.74) is 0.859. The molecule has 7 N–H and O–H groups in total. The van der Waals surface area contributed by atoms with E-state index in [1.54, 1.807) is 24.4 Å². The Morgan fingerprint density at radius 2 is 1.31 bits per heavy atom. The molecule has 45 heavy (non-hydrogen) atoms. The molecule has 1 radical (unpaired) electrons. The Morgan fingerprint density at radius 1 is 0.822 bits per heavy atom. The summed E-state index contributed by atoms with van der Waals surface area (Å²) in [4.78, 5) is 13.7. The molecule has 1 heterocycles. The van der Waals surface area contributed by atoms with Gasteiger partial charge in [-0.1, -0.05) is 48.5 Å². The second-order valence-corrected chi connectivity index (χ2v) is 12.8. The Balaban J connectivity index is 0.000000742. The minimum Gasteiger partial charge on any atom is -0.744 e. The number of hydrogen-bond donors (Lipinski definition) is 6. The van der Waals surface area contributed by atoms with Crippen LogP contribution in [-0.2, 0) is 35.0 Å². The summed E-state index contributed by atoms with van der Waals surface area (Å²) < 4.78 is 34.0. The molecule has 0 spiro atoms. The number of anilines is 1. The Hall–Kier alpha value is -2.13. The second-order valence-electron chi connectivity index (χ2n) is 8.93. The summed E-state index contributed by atoms with van der Waals surface area (Å²) in [6.07, 6.45) is 1.64. The number of carboxylic acids is 1. The van der Waals surface area contributed by atoms with Gasteiger partial charge in [-0.05, 0) is 54.6 Å². The molecule has 0 aliphatic carbocycles. The predicted octanol–water partition coefficient (Wildman–Crippen LogP) is -2.08. The molecule has 16 heteroatoms. The van der Waals surface area contributed by atoms with Gasteiger partial charge in [-0.25, -0.2) is 13.4 Å². The monoisotopic (exact) mass is 749 g/mol. The molecule has 12 nitrogen and oxygen atoms in total. The van der Waals surface area contributed by atoms with Gasteiger partial charge in [0.05, 0.1) is 44.7 Å². The fraction of sp³-hybridized carbons (Fsp3) is 0.172. The molecule has 0 bridgehead atoms. The first kappa shape index (κ1) is 42.9. The van der Waals surface area contributed by atoms with E-state index < -0.39 is 55.9 Å². The fourth-order valence-electron chi connectivity index (χ4n) is 3.53. The maximum absolute atomic E-state index is 11.3. The number of pyridine rings is 1. The standard InChI is InChI=1S/C18H15O3PS.C6H13NO5.C5H6N3.Na.Tc/c19-23(20,21)18-13-7-12-17(14-18)22(15-8-3-1-4-9-15)16-10-5-2-6-11-16;8-2-6(3-9,4-10)7-1-5(11)12;6-8-5-3-1-2-4-7-5;;/h1-14H,(H,19,20,21);7-10H,1-4H2,(H,11,12);1-4,6H,(H,7,8);;/q;;-1;+1;. The minimum atomic E-state index is -4.46. The van der Waals surface area contributed by atoms with Gasteiger partial charge in [0.1, 0.15) is 31.8 Å². The number of benzene rings is 3. The number of carbonyl (C=O) groups is 1. The second kappa shape index (κ2) is 22.4. The Labute approximate surface area is 299 Å². The smallest absolute Gasteiger partial charge is 0.744 e. The minimum absolute atomic E-state index is 0. The van der Waals surface area contributed by atoms with Gasteiger partial charge < -0.3 is 36.2 Å². The zero-order chi connectivity index (χ0) is 31.7. The average molecular weight is 751 g/mol. The van der Waals surface area contributed by atoms with Crippen LogP contribution in [0.5, 0.6) is 0 Å². The molecule has 0 unspecified atom stereocenters. The molecule has 0 saturated carbocycles. The van der Waals surface area contributed by atoms with Crippen molar-refractivity contribution >= 4 is 45.7 Å². The molecule has 4 rings (SSSR count). The summed E-state index contributed by atoms with van der Waals surface area (Å²) in [5.74, 6) is 6.09. The Morgan fingerprint density at radius 3 is 1.69 bits per heavy atom. The van der Waals surface area contributed by atoms with Gasteiger partial charge in [-0.2, -0.15) is 0 Å². The third-order valence-electron chi connectivity index (χ3n) is 5.85. The van der Waals surface area contributed by atoms with Crippen LogP contribution < -0.4 is 56.2 Å². The van der Waals surface area contributed by atoms with Crippen molar-refractivity contribution in [2.24, 2.45) is 0 Å². The summed E-state index contributed by atoms with van der Waals surface area (Å²) >= 11 is 0. The SMILES string of the molecule is O=C(O)CNC(CO)(CO)CO.O=S(=O)([O-])c1cccc([PH+](c2ccccc2)c2ccccc2)c1.[NH-]Nc1ccccn1.[Na+].[Tc]. The van der Waals surface area contributed by atoms with Gasteiger partial charge in [0.25, 0.3) is 0 Å². The molecular formula is C29H34N4NaO8PSTc. The number of nitrogens with one attached hydrogen (secondary N) is 3. The van der Waals surface area contributed by atoms with Crippen LogP contribution in [0.2, 0.25) is 0 Å². The molecular weight excluding hydrogens is 716 g/mol. The number of aliphatic hydroxyl groups is 3. The molecule has 0 amide bonds. The average Bonchev–Trinajstić information content (AvgIpc) is 3.04. The maximum atomic E-state index is 11.3. The van der Waals surface area contributed by atoms with Crippen LogP contribution in [0.1, 0.15) is 0 Å². The third-order valence-corrected chi connectivity index (χ3v) is 9.39. The summed E-state index contributed by atoms with van der Waals surface area (Å²) in [5, 5.41) is 39.9. The van der Waals surface area contributed by atoms with Gasteiger partial charge in [0, 0.05) is 26.3 Å². The van der Waals surface area contributed by atoms with Gasteiger partial charge >= 0.3 is 35.5 Å². The van der Waals surface area contributed by atoms with Gasteiger partial charge in [-0.15, -0.1) is 0 Å². The molecule has 0 atom stereocenters. The fourth-order valence-corrected chi connectivity index (χ4v) is 6.77. The first-order valence-electron chi connectivity index (χ1n) is 12.8. The maximum Gasteiger partial charge on any atom is 1.00 e. The van der Waals surface area contributed by atoms with Crippen LogP contribution >= 0.6 is 7.92 Å².